The van der Waals surface area contributed by atoms with Crippen LogP contribution >= 0.6 is 0 Å². The van der Waals surface area contributed by atoms with Crippen molar-refractivity contribution < 1.29 is 9.47 Å². The molecule has 1 aliphatic rings. The van der Waals surface area contributed by atoms with Gasteiger partial charge in [-0.15, -0.1) is 0 Å². The molecule has 0 saturated heterocycles. The maximum Gasteiger partial charge on any atom is 0.142 e. The van der Waals surface area contributed by atoms with Crippen molar-refractivity contribution >= 4 is 5.69 Å². The van der Waals surface area contributed by atoms with Gasteiger partial charge in [0.1, 0.15) is 18.5 Å². The number of rotatable bonds is 3. The molecule has 0 amide bonds. The third kappa shape index (κ3) is 2.63. The van der Waals surface area contributed by atoms with Gasteiger partial charge in [0.2, 0.25) is 0 Å². The van der Waals surface area contributed by atoms with Gasteiger partial charge in [-0.3, -0.25) is 0 Å². The fraction of sp³-hybridized carbons (Fsp3) is 0.294. The van der Waals surface area contributed by atoms with Crippen molar-refractivity contribution in [2.45, 2.75) is 19.4 Å². The highest BCUT2D eigenvalue weighted by Gasteiger charge is 2.21. The van der Waals surface area contributed by atoms with Crippen LogP contribution in [0, 0.1) is 6.92 Å². The van der Waals surface area contributed by atoms with Crippen LogP contribution in [0.4, 0.5) is 5.69 Å². The van der Waals surface area contributed by atoms with Crippen LogP contribution in [0.3, 0.4) is 0 Å². The van der Waals surface area contributed by atoms with Crippen LogP contribution in [0.5, 0.6) is 5.75 Å². The standard InChI is InChI=1S/C17H19NO2/c1-12-6-7-15(18)16(10-12)20-11-17-14-5-3-2-4-13(14)8-9-19-17/h2-7,10,17H,8-9,11,18H2,1H3. The van der Waals surface area contributed by atoms with Crippen LogP contribution in [0.25, 0.3) is 0 Å². The maximum absolute atomic E-state index is 5.93. The second-order valence-electron chi connectivity index (χ2n) is 5.16. The SMILES string of the molecule is Cc1ccc(N)c(OCC2OCCc3ccccc32)c1. The van der Waals surface area contributed by atoms with Gasteiger partial charge >= 0.3 is 0 Å². The average molecular weight is 269 g/mol. The van der Waals surface area contributed by atoms with E-state index in [1.54, 1.807) is 0 Å². The molecule has 1 heterocycles. The maximum atomic E-state index is 5.93. The summed E-state index contributed by atoms with van der Waals surface area (Å²) in [6.07, 6.45) is 0.957. The molecule has 104 valence electrons. The minimum Gasteiger partial charge on any atom is -0.488 e. The zero-order chi connectivity index (χ0) is 13.9. The van der Waals surface area contributed by atoms with Gasteiger partial charge in [-0.1, -0.05) is 30.3 Å². The van der Waals surface area contributed by atoms with E-state index in [2.05, 4.69) is 18.2 Å². The van der Waals surface area contributed by atoms with E-state index in [-0.39, 0.29) is 6.10 Å². The van der Waals surface area contributed by atoms with E-state index < -0.39 is 0 Å². The Hall–Kier alpha value is -2.00. The second-order valence-corrected chi connectivity index (χ2v) is 5.16. The first-order chi connectivity index (χ1) is 9.74. The number of hydrogen-bond acceptors (Lipinski definition) is 3. The van der Waals surface area contributed by atoms with Crippen LogP contribution in [0.15, 0.2) is 42.5 Å². The lowest BCUT2D eigenvalue weighted by Crippen LogP contribution is -2.21. The van der Waals surface area contributed by atoms with Gasteiger partial charge in [-0.25, -0.2) is 0 Å². The van der Waals surface area contributed by atoms with E-state index in [4.69, 9.17) is 15.2 Å². The van der Waals surface area contributed by atoms with Crippen LogP contribution in [-0.4, -0.2) is 13.2 Å². The number of nitrogens with two attached hydrogens (primary N) is 1. The summed E-state index contributed by atoms with van der Waals surface area (Å²) in [6.45, 7) is 3.26. The Kier molecular flexibility index (Phi) is 3.61. The van der Waals surface area contributed by atoms with Gasteiger partial charge in [0.05, 0.1) is 12.3 Å². The summed E-state index contributed by atoms with van der Waals surface area (Å²) in [5.41, 5.74) is 10.3. The number of nitrogen functional groups attached to an aromatic ring is 1. The van der Waals surface area contributed by atoms with Gasteiger partial charge in [-0.2, -0.15) is 0 Å². The molecule has 3 heteroatoms. The first-order valence-corrected chi connectivity index (χ1v) is 6.92. The molecule has 0 fully saturated rings. The predicted octanol–water partition coefficient (Wildman–Crippen LogP) is 3.27. The Bertz CT molecular complexity index is 610. The first-order valence-electron chi connectivity index (χ1n) is 6.92. The van der Waals surface area contributed by atoms with Crippen LogP contribution < -0.4 is 10.5 Å². The Morgan fingerprint density at radius 2 is 2.10 bits per heavy atom. The van der Waals surface area contributed by atoms with Gasteiger partial charge in [0, 0.05) is 0 Å². The van der Waals surface area contributed by atoms with Crippen molar-refractivity contribution in [1.29, 1.82) is 0 Å². The fourth-order valence-corrected chi connectivity index (χ4v) is 2.55. The number of aryl methyl sites for hydroxylation is 1. The smallest absolute Gasteiger partial charge is 0.142 e. The molecule has 0 saturated carbocycles. The molecule has 3 nitrogen and oxygen atoms in total. The van der Waals surface area contributed by atoms with Gasteiger partial charge in [0.15, 0.2) is 0 Å². The van der Waals surface area contributed by atoms with Crippen molar-refractivity contribution in [3.63, 3.8) is 0 Å². The zero-order valence-electron chi connectivity index (χ0n) is 11.6. The molecule has 0 aliphatic carbocycles. The molecule has 0 radical (unpaired) electrons. The van der Waals surface area contributed by atoms with Crippen molar-refractivity contribution in [1.82, 2.24) is 0 Å². The molecular formula is C17H19NO2. The minimum atomic E-state index is -0.0140. The summed E-state index contributed by atoms with van der Waals surface area (Å²) in [6, 6.07) is 14.2. The predicted molar refractivity (Wildman–Crippen MR) is 79.9 cm³/mol. The van der Waals surface area contributed by atoms with Crippen LogP contribution in [0.1, 0.15) is 22.8 Å². The summed E-state index contributed by atoms with van der Waals surface area (Å²) in [5, 5.41) is 0. The van der Waals surface area contributed by atoms with Crippen LogP contribution in [0.2, 0.25) is 0 Å². The summed E-state index contributed by atoms with van der Waals surface area (Å²) in [5.74, 6) is 0.733. The Morgan fingerprint density at radius 1 is 1.25 bits per heavy atom. The van der Waals surface area contributed by atoms with E-state index in [1.165, 1.54) is 11.1 Å². The van der Waals surface area contributed by atoms with Gasteiger partial charge in [-0.05, 0) is 42.2 Å². The van der Waals surface area contributed by atoms with Crippen molar-refractivity contribution in [3.05, 3.63) is 59.2 Å². The normalized spacial score (nSPS) is 17.6. The van der Waals surface area contributed by atoms with E-state index in [0.29, 0.717) is 12.3 Å². The summed E-state index contributed by atoms with van der Waals surface area (Å²) in [7, 11) is 0. The van der Waals surface area contributed by atoms with Crippen LogP contribution in [-0.2, 0) is 11.2 Å². The second kappa shape index (κ2) is 5.55. The zero-order valence-corrected chi connectivity index (χ0v) is 11.6. The largest absolute Gasteiger partial charge is 0.488 e. The topological polar surface area (TPSA) is 44.5 Å². The molecule has 1 atom stereocenters. The van der Waals surface area contributed by atoms with Crippen molar-refractivity contribution in [2.75, 3.05) is 18.9 Å². The molecule has 2 aromatic rings. The van der Waals surface area contributed by atoms with E-state index in [1.807, 2.05) is 31.2 Å². The van der Waals surface area contributed by atoms with Crippen molar-refractivity contribution in [2.24, 2.45) is 0 Å². The van der Waals surface area contributed by atoms with Gasteiger partial charge in [0.25, 0.3) is 0 Å². The molecule has 0 aromatic heterocycles. The lowest BCUT2D eigenvalue weighted by molar-refractivity contribution is 0.0104. The monoisotopic (exact) mass is 269 g/mol. The van der Waals surface area contributed by atoms with E-state index >= 15 is 0 Å². The summed E-state index contributed by atoms with van der Waals surface area (Å²) < 4.78 is 11.7. The fourth-order valence-electron chi connectivity index (χ4n) is 2.55. The number of anilines is 1. The molecule has 1 unspecified atom stereocenters. The molecule has 0 bridgehead atoms. The Labute approximate surface area is 119 Å². The Morgan fingerprint density at radius 3 is 3.00 bits per heavy atom. The molecule has 2 aromatic carbocycles. The average Bonchev–Trinajstić information content (AvgIpc) is 2.48. The number of benzene rings is 2. The number of fused-ring (bicyclic) bond motifs is 1. The van der Waals surface area contributed by atoms with E-state index in [0.717, 1.165) is 24.3 Å². The molecule has 0 spiro atoms. The lowest BCUT2D eigenvalue weighted by Gasteiger charge is -2.26. The minimum absolute atomic E-state index is 0.0140. The molecular weight excluding hydrogens is 250 g/mol. The Balaban J connectivity index is 1.75. The van der Waals surface area contributed by atoms with Crippen molar-refractivity contribution in [3.8, 4) is 5.75 Å². The number of ether oxygens (including phenoxy) is 2. The lowest BCUT2D eigenvalue weighted by atomic mass is 9.98. The molecule has 3 rings (SSSR count). The highest BCUT2D eigenvalue weighted by Crippen LogP contribution is 2.29. The highest BCUT2D eigenvalue weighted by molar-refractivity contribution is 5.53. The molecule has 1 aliphatic heterocycles. The summed E-state index contributed by atoms with van der Waals surface area (Å²) >= 11 is 0. The van der Waals surface area contributed by atoms with Gasteiger partial charge < -0.3 is 15.2 Å². The third-order valence-corrected chi connectivity index (χ3v) is 3.65. The van der Waals surface area contributed by atoms with E-state index in [9.17, 15) is 0 Å². The number of hydrogen-bond donors (Lipinski definition) is 1. The first kappa shape index (κ1) is 13.0. The highest BCUT2D eigenvalue weighted by atomic mass is 16.5. The third-order valence-electron chi connectivity index (χ3n) is 3.65. The quantitative estimate of drug-likeness (QED) is 0.870. The molecule has 2 N–H and O–H groups in total. The molecule has 20 heavy (non-hydrogen) atoms. The summed E-state index contributed by atoms with van der Waals surface area (Å²) in [4.78, 5) is 0.